The third kappa shape index (κ3) is 2.28. The van der Waals surface area contributed by atoms with E-state index in [-0.39, 0.29) is 22.6 Å². The minimum absolute atomic E-state index is 0.144. The molecule has 0 amide bonds. The monoisotopic (exact) mass is 256 g/mol. The lowest BCUT2D eigenvalue weighted by atomic mass is 9.72. The van der Waals surface area contributed by atoms with Crippen LogP contribution >= 0.6 is 0 Å². The van der Waals surface area contributed by atoms with Gasteiger partial charge in [0, 0.05) is 0 Å². The molecule has 0 saturated heterocycles. The van der Waals surface area contributed by atoms with Crippen LogP contribution in [0.5, 0.6) is 0 Å². The minimum atomic E-state index is -0.890. The molecule has 4 heteroatoms. The Morgan fingerprint density at radius 3 is 1.06 bits per heavy atom. The highest BCUT2D eigenvalue weighted by molar-refractivity contribution is 6.50. The van der Waals surface area contributed by atoms with Crippen LogP contribution in [0.4, 0.5) is 8.78 Å². The van der Waals surface area contributed by atoms with Crippen LogP contribution in [0, 0.1) is 10.8 Å². The summed E-state index contributed by atoms with van der Waals surface area (Å²) < 4.78 is 28.4. The highest BCUT2D eigenvalue weighted by Crippen LogP contribution is 2.41. The fraction of sp³-hybridized carbons (Fsp3) is 0.571. The van der Waals surface area contributed by atoms with Gasteiger partial charge in [-0.2, -0.15) is 0 Å². The molecule has 1 aliphatic carbocycles. The van der Waals surface area contributed by atoms with Gasteiger partial charge in [0.05, 0.1) is 11.1 Å². The second-order valence-corrected chi connectivity index (χ2v) is 6.71. The Morgan fingerprint density at radius 1 is 0.667 bits per heavy atom. The Hall–Kier alpha value is -1.32. The smallest absolute Gasteiger partial charge is 0.248 e. The van der Waals surface area contributed by atoms with E-state index in [0.29, 0.717) is 0 Å². The Labute approximate surface area is 107 Å². The molecule has 0 spiro atoms. The maximum Gasteiger partial charge on any atom is 0.275 e. The Morgan fingerprint density at radius 2 is 0.889 bits per heavy atom. The average Bonchev–Trinajstić information content (AvgIpc) is 2.10. The van der Waals surface area contributed by atoms with E-state index in [4.69, 9.17) is 10.8 Å². The fourth-order valence-corrected chi connectivity index (χ4v) is 2.19. The predicted octanol–water partition coefficient (Wildman–Crippen LogP) is 0.940. The van der Waals surface area contributed by atoms with Gasteiger partial charge in [-0.15, -0.1) is 0 Å². The first-order valence-electron chi connectivity index (χ1n) is 5.96. The third-order valence-electron chi connectivity index (χ3n) is 2.96. The molecular weight excluding hydrogens is 234 g/mol. The zero-order valence-corrected chi connectivity index (χ0v) is 11.9. The van der Waals surface area contributed by atoms with Crippen molar-refractivity contribution in [2.24, 2.45) is 10.8 Å². The van der Waals surface area contributed by atoms with E-state index in [0.717, 1.165) is 0 Å². The zero-order chi connectivity index (χ0) is 14.5. The number of nitrogens with two attached hydrogens (primary N) is 2. The van der Waals surface area contributed by atoms with E-state index < -0.39 is 22.5 Å². The van der Waals surface area contributed by atoms with Crippen LogP contribution in [0.3, 0.4) is 0 Å². The summed E-state index contributed by atoms with van der Waals surface area (Å²) in [6, 6.07) is 0. The summed E-state index contributed by atoms with van der Waals surface area (Å²) in [6.07, 6.45) is 0. The zero-order valence-electron chi connectivity index (χ0n) is 11.9. The van der Waals surface area contributed by atoms with Crippen LogP contribution in [0.1, 0.15) is 41.5 Å². The summed E-state index contributed by atoms with van der Waals surface area (Å²) in [7, 11) is 0. The van der Waals surface area contributed by atoms with Gasteiger partial charge in [0.2, 0.25) is 0 Å². The second-order valence-electron chi connectivity index (χ2n) is 6.71. The highest BCUT2D eigenvalue weighted by atomic mass is 19.2. The van der Waals surface area contributed by atoms with E-state index in [1.807, 2.05) is 0 Å². The lowest BCUT2D eigenvalue weighted by Gasteiger charge is -2.28. The molecule has 0 saturated carbocycles. The van der Waals surface area contributed by atoms with Crippen LogP contribution in [-0.2, 0) is 0 Å². The van der Waals surface area contributed by atoms with Crippen LogP contribution in [0.2, 0.25) is 0 Å². The van der Waals surface area contributed by atoms with Gasteiger partial charge in [-0.1, -0.05) is 41.5 Å². The lowest BCUT2D eigenvalue weighted by molar-refractivity contribution is -0.133. The summed E-state index contributed by atoms with van der Waals surface area (Å²) in [5.41, 5.74) is -0.618. The molecule has 18 heavy (non-hydrogen) atoms. The van der Waals surface area contributed by atoms with Gasteiger partial charge in [0.1, 0.15) is 0 Å². The van der Waals surface area contributed by atoms with Crippen molar-refractivity contribution in [3.8, 4) is 0 Å². The summed E-state index contributed by atoms with van der Waals surface area (Å²) in [6.45, 7) is 10.7. The van der Waals surface area contributed by atoms with Crippen molar-refractivity contribution in [2.45, 2.75) is 41.5 Å². The van der Waals surface area contributed by atoms with E-state index in [1.165, 1.54) is 0 Å². The van der Waals surface area contributed by atoms with Crippen molar-refractivity contribution in [1.82, 2.24) is 0 Å². The molecule has 1 aliphatic rings. The topological polar surface area (TPSA) is 51.2 Å². The first kappa shape index (κ1) is 14.7. The fourth-order valence-electron chi connectivity index (χ4n) is 2.19. The van der Waals surface area contributed by atoms with Gasteiger partial charge in [0.25, 0.3) is 11.4 Å². The number of hydrogen-bond donors (Lipinski definition) is 2. The van der Waals surface area contributed by atoms with Crippen molar-refractivity contribution in [1.29, 1.82) is 0 Å². The van der Waals surface area contributed by atoms with Crippen LogP contribution in [0.15, 0.2) is 22.8 Å². The van der Waals surface area contributed by atoms with E-state index in [2.05, 4.69) is 0 Å². The molecule has 0 aromatic rings. The molecule has 2 nitrogen and oxygen atoms in total. The first-order chi connectivity index (χ1) is 7.89. The SMILES string of the molecule is CC(C)(C)C1=C(F)C(F)=C(C(C)(C)C)C(=[NH2+])C1=[NH2+]. The second kappa shape index (κ2) is 4.11. The highest BCUT2D eigenvalue weighted by Gasteiger charge is 2.46. The predicted molar refractivity (Wildman–Crippen MR) is 69.0 cm³/mol. The first-order valence-corrected chi connectivity index (χ1v) is 5.96. The largest absolute Gasteiger partial charge is 0.275 e. The van der Waals surface area contributed by atoms with Gasteiger partial charge < -0.3 is 0 Å². The minimum Gasteiger partial charge on any atom is -0.248 e. The summed E-state index contributed by atoms with van der Waals surface area (Å²) in [4.78, 5) is 0. The number of hydrogen-bond acceptors (Lipinski definition) is 0. The average molecular weight is 256 g/mol. The van der Waals surface area contributed by atoms with Gasteiger partial charge in [-0.3, -0.25) is 0 Å². The van der Waals surface area contributed by atoms with Crippen LogP contribution < -0.4 is 10.8 Å². The molecule has 1 rings (SSSR count). The molecule has 0 aromatic heterocycles. The van der Waals surface area contributed by atoms with E-state index >= 15 is 0 Å². The molecule has 0 aliphatic heterocycles. The van der Waals surface area contributed by atoms with Crippen molar-refractivity contribution >= 4 is 11.4 Å². The third-order valence-corrected chi connectivity index (χ3v) is 2.96. The van der Waals surface area contributed by atoms with Gasteiger partial charge in [0.15, 0.2) is 11.7 Å². The molecule has 0 heterocycles. The number of halogens is 2. The van der Waals surface area contributed by atoms with Crippen molar-refractivity contribution in [3.63, 3.8) is 0 Å². The van der Waals surface area contributed by atoms with Crippen LogP contribution in [0.25, 0.3) is 0 Å². The molecule has 0 aromatic carbocycles. The lowest BCUT2D eigenvalue weighted by Crippen LogP contribution is -2.61. The van der Waals surface area contributed by atoms with Gasteiger partial charge in [-0.05, 0) is 10.8 Å². The molecule has 0 radical (unpaired) electrons. The van der Waals surface area contributed by atoms with Gasteiger partial charge in [-0.25, -0.2) is 19.6 Å². The normalized spacial score (nSPS) is 18.9. The molecule has 100 valence electrons. The standard InChI is InChI=1S/C14H20F2N2/c1-13(2,3)7-9(15)10(16)8(14(4,5)6)12(18)11(7)17/h17-18H,1-6H3/p+2. The van der Waals surface area contributed by atoms with E-state index in [9.17, 15) is 8.78 Å². The summed E-state index contributed by atoms with van der Waals surface area (Å²) in [5.74, 6) is -1.78. The Bertz CT molecular complexity index is 437. The Kier molecular flexibility index (Phi) is 3.36. The van der Waals surface area contributed by atoms with E-state index in [1.54, 1.807) is 41.5 Å². The van der Waals surface area contributed by atoms with Crippen molar-refractivity contribution in [3.05, 3.63) is 22.8 Å². The molecule has 4 N–H and O–H groups in total. The molecule has 0 atom stereocenters. The van der Waals surface area contributed by atoms with Crippen molar-refractivity contribution < 1.29 is 19.6 Å². The quantitative estimate of drug-likeness (QED) is 0.606. The Balaban J connectivity index is 3.62. The van der Waals surface area contributed by atoms with Crippen LogP contribution in [-0.4, -0.2) is 11.4 Å². The molecule has 0 unspecified atom stereocenters. The molecular formula is C14H22F2N2+2. The van der Waals surface area contributed by atoms with Gasteiger partial charge >= 0.3 is 0 Å². The maximum atomic E-state index is 14.2. The number of rotatable bonds is 0. The van der Waals surface area contributed by atoms with Crippen molar-refractivity contribution in [2.75, 3.05) is 0 Å². The molecule has 0 fully saturated rings. The summed E-state index contributed by atoms with van der Waals surface area (Å²) >= 11 is 0. The number of allylic oxidation sites excluding steroid dienone is 4. The summed E-state index contributed by atoms with van der Waals surface area (Å²) in [5, 5.41) is 11.8. The molecule has 0 bridgehead atoms. The maximum absolute atomic E-state index is 14.2.